The molecule has 0 saturated carbocycles. The molecule has 1 aromatic rings. The van der Waals surface area contributed by atoms with Crippen molar-refractivity contribution in [2.75, 3.05) is 5.75 Å². The van der Waals surface area contributed by atoms with Crippen molar-refractivity contribution < 1.29 is 18.3 Å². The van der Waals surface area contributed by atoms with Crippen LogP contribution in [0.25, 0.3) is 0 Å². The van der Waals surface area contributed by atoms with E-state index in [4.69, 9.17) is 0 Å². The quantitative estimate of drug-likeness (QED) is 0.890. The van der Waals surface area contributed by atoms with Gasteiger partial charge in [-0.3, -0.25) is 4.79 Å². The molecule has 2 rings (SSSR count). The number of benzene rings is 1. The Labute approximate surface area is 107 Å². The number of aliphatic carboxylic acids is 1. The molecule has 18 heavy (non-hydrogen) atoms. The number of fused-ring (bicyclic) bond motifs is 1. The summed E-state index contributed by atoms with van der Waals surface area (Å²) in [5, 5.41) is 9.27. The summed E-state index contributed by atoms with van der Waals surface area (Å²) in [5.74, 6) is -1.59. The van der Waals surface area contributed by atoms with E-state index < -0.39 is 27.1 Å². The average molecular weight is 268 g/mol. The largest absolute Gasteiger partial charge is 0.481 e. The molecule has 0 amide bonds. The molecule has 4 nitrogen and oxygen atoms in total. The highest BCUT2D eigenvalue weighted by Crippen LogP contribution is 2.45. The molecule has 1 heterocycles. The molecule has 1 aliphatic heterocycles. The van der Waals surface area contributed by atoms with Crippen LogP contribution >= 0.6 is 0 Å². The number of hydrogen-bond acceptors (Lipinski definition) is 3. The molecular formula is C13H16O4S. The lowest BCUT2D eigenvalue weighted by Gasteiger charge is -2.26. The number of hydrogen-bond donors (Lipinski definition) is 1. The summed E-state index contributed by atoms with van der Waals surface area (Å²) in [7, 11) is -3.35. The summed E-state index contributed by atoms with van der Waals surface area (Å²) < 4.78 is 24.1. The Morgan fingerprint density at radius 3 is 2.56 bits per heavy atom. The van der Waals surface area contributed by atoms with E-state index in [0.29, 0.717) is 5.56 Å². The minimum atomic E-state index is -3.35. The Bertz CT molecular complexity index is 614. The van der Waals surface area contributed by atoms with Gasteiger partial charge in [0.25, 0.3) is 0 Å². The third kappa shape index (κ3) is 1.82. The van der Waals surface area contributed by atoms with Crippen molar-refractivity contribution >= 4 is 15.8 Å². The molecule has 0 radical (unpaired) electrons. The maximum absolute atomic E-state index is 12.1. The van der Waals surface area contributed by atoms with Crippen molar-refractivity contribution in [3.05, 3.63) is 29.3 Å². The Hall–Kier alpha value is -1.36. The number of sulfone groups is 1. The zero-order valence-electron chi connectivity index (χ0n) is 10.6. The van der Waals surface area contributed by atoms with Crippen LogP contribution < -0.4 is 0 Å². The Morgan fingerprint density at radius 1 is 1.39 bits per heavy atom. The van der Waals surface area contributed by atoms with E-state index in [1.807, 2.05) is 6.92 Å². The lowest BCUT2D eigenvalue weighted by Crippen LogP contribution is -2.32. The minimum Gasteiger partial charge on any atom is -0.481 e. The molecule has 1 N–H and O–H groups in total. The highest BCUT2D eigenvalue weighted by molar-refractivity contribution is 7.91. The maximum atomic E-state index is 12.1. The van der Waals surface area contributed by atoms with Gasteiger partial charge in [0.05, 0.1) is 16.1 Å². The van der Waals surface area contributed by atoms with Gasteiger partial charge in [-0.2, -0.15) is 0 Å². The van der Waals surface area contributed by atoms with Crippen LogP contribution in [0.3, 0.4) is 0 Å². The predicted octanol–water partition coefficient (Wildman–Crippen LogP) is 1.98. The molecule has 0 bridgehead atoms. The molecule has 1 aliphatic rings. The maximum Gasteiger partial charge on any atom is 0.309 e. The fraction of sp³-hybridized carbons (Fsp3) is 0.462. The summed E-state index contributed by atoms with van der Waals surface area (Å²) in [6.07, 6.45) is 0. The predicted molar refractivity (Wildman–Crippen MR) is 67.4 cm³/mol. The third-order valence-corrected chi connectivity index (χ3v) is 5.50. The zero-order chi connectivity index (χ0) is 13.7. The van der Waals surface area contributed by atoms with Crippen LogP contribution in [-0.2, 0) is 14.6 Å². The van der Waals surface area contributed by atoms with Crippen LogP contribution in [0.1, 0.15) is 30.9 Å². The molecule has 0 fully saturated rings. The molecule has 0 aromatic heterocycles. The molecule has 1 aromatic carbocycles. The van der Waals surface area contributed by atoms with E-state index in [1.54, 1.807) is 32.0 Å². The number of aryl methyl sites for hydroxylation is 1. The highest BCUT2D eigenvalue weighted by atomic mass is 32.2. The van der Waals surface area contributed by atoms with Gasteiger partial charge >= 0.3 is 5.97 Å². The molecule has 1 unspecified atom stereocenters. The fourth-order valence-electron chi connectivity index (χ4n) is 2.37. The van der Waals surface area contributed by atoms with E-state index in [0.717, 1.165) is 5.56 Å². The van der Waals surface area contributed by atoms with Crippen LogP contribution in [0, 0.1) is 12.3 Å². The average Bonchev–Trinajstić information content (AvgIpc) is 2.50. The van der Waals surface area contributed by atoms with Gasteiger partial charge in [0.2, 0.25) is 0 Å². The second-order valence-corrected chi connectivity index (χ2v) is 7.40. The summed E-state index contributed by atoms with van der Waals surface area (Å²) >= 11 is 0. The van der Waals surface area contributed by atoms with Crippen molar-refractivity contribution in [3.63, 3.8) is 0 Å². The van der Waals surface area contributed by atoms with E-state index in [2.05, 4.69) is 0 Å². The standard InChI is InChI=1S/C13H16O4S/c1-8-4-5-11-9(6-8)10(7-18(11,16)17)13(2,3)12(14)15/h4-6,10H,7H2,1-3H3,(H,14,15). The summed E-state index contributed by atoms with van der Waals surface area (Å²) in [6.45, 7) is 5.02. The first-order chi connectivity index (χ1) is 8.16. The van der Waals surface area contributed by atoms with Crippen LogP contribution in [0.15, 0.2) is 23.1 Å². The van der Waals surface area contributed by atoms with E-state index in [9.17, 15) is 18.3 Å². The number of carboxylic acids is 1. The first-order valence-electron chi connectivity index (χ1n) is 5.73. The van der Waals surface area contributed by atoms with Gasteiger partial charge in [0, 0.05) is 5.92 Å². The Morgan fingerprint density at radius 2 is 2.00 bits per heavy atom. The Balaban J connectivity index is 2.65. The molecule has 1 atom stereocenters. The summed E-state index contributed by atoms with van der Waals surface area (Å²) in [6, 6.07) is 5.11. The minimum absolute atomic E-state index is 0.120. The molecule has 0 spiro atoms. The molecule has 5 heteroatoms. The SMILES string of the molecule is Cc1ccc2c(c1)C(C(C)(C)C(=O)O)CS2(=O)=O. The number of carbonyl (C=O) groups is 1. The van der Waals surface area contributed by atoms with Gasteiger partial charge in [-0.05, 0) is 32.4 Å². The summed E-state index contributed by atoms with van der Waals surface area (Å²) in [4.78, 5) is 11.6. The first kappa shape index (κ1) is 13.1. The lowest BCUT2D eigenvalue weighted by atomic mass is 9.76. The second kappa shape index (κ2) is 3.82. The van der Waals surface area contributed by atoms with Crippen LogP contribution in [0.5, 0.6) is 0 Å². The van der Waals surface area contributed by atoms with E-state index >= 15 is 0 Å². The van der Waals surface area contributed by atoms with Crippen LogP contribution in [0.2, 0.25) is 0 Å². The lowest BCUT2D eigenvalue weighted by molar-refractivity contribution is -0.147. The second-order valence-electron chi connectivity index (χ2n) is 5.40. The van der Waals surface area contributed by atoms with Crippen molar-refractivity contribution in [3.8, 4) is 0 Å². The van der Waals surface area contributed by atoms with Gasteiger partial charge in [-0.15, -0.1) is 0 Å². The van der Waals surface area contributed by atoms with E-state index in [-0.39, 0.29) is 10.6 Å². The fourth-order valence-corrected chi connectivity index (χ4v) is 4.42. The van der Waals surface area contributed by atoms with Gasteiger partial charge in [-0.1, -0.05) is 17.7 Å². The smallest absolute Gasteiger partial charge is 0.309 e. The van der Waals surface area contributed by atoms with Crippen LogP contribution in [0.4, 0.5) is 0 Å². The Kier molecular flexibility index (Phi) is 2.77. The van der Waals surface area contributed by atoms with Crippen molar-refractivity contribution in [1.29, 1.82) is 0 Å². The number of carboxylic acid groups (broad SMARTS) is 1. The highest BCUT2D eigenvalue weighted by Gasteiger charge is 2.46. The third-order valence-electron chi connectivity index (χ3n) is 3.68. The van der Waals surface area contributed by atoms with Gasteiger partial charge in [0.1, 0.15) is 0 Å². The van der Waals surface area contributed by atoms with Crippen molar-refractivity contribution in [1.82, 2.24) is 0 Å². The van der Waals surface area contributed by atoms with E-state index in [1.165, 1.54) is 0 Å². The van der Waals surface area contributed by atoms with Crippen LogP contribution in [-0.4, -0.2) is 25.2 Å². The topological polar surface area (TPSA) is 71.4 Å². The summed E-state index contributed by atoms with van der Waals surface area (Å²) in [5.41, 5.74) is 0.492. The normalized spacial score (nSPS) is 21.6. The molecule has 98 valence electrons. The van der Waals surface area contributed by atoms with Gasteiger partial charge in [0.15, 0.2) is 9.84 Å². The molecule has 0 aliphatic carbocycles. The number of rotatable bonds is 2. The zero-order valence-corrected chi connectivity index (χ0v) is 11.4. The first-order valence-corrected chi connectivity index (χ1v) is 7.38. The van der Waals surface area contributed by atoms with Gasteiger partial charge in [-0.25, -0.2) is 8.42 Å². The van der Waals surface area contributed by atoms with Gasteiger partial charge < -0.3 is 5.11 Å². The molecule has 0 saturated heterocycles. The van der Waals surface area contributed by atoms with Crippen molar-refractivity contribution in [2.24, 2.45) is 5.41 Å². The van der Waals surface area contributed by atoms with Crippen molar-refractivity contribution in [2.45, 2.75) is 31.6 Å². The molecular weight excluding hydrogens is 252 g/mol. The monoisotopic (exact) mass is 268 g/mol.